The average molecular weight is 545 g/mol. The van der Waals surface area contributed by atoms with Crippen molar-refractivity contribution in [1.29, 1.82) is 0 Å². The molecule has 0 saturated carbocycles. The summed E-state index contributed by atoms with van der Waals surface area (Å²) >= 11 is 6.26. The van der Waals surface area contributed by atoms with Gasteiger partial charge in [-0.25, -0.2) is 0 Å². The molecule has 10 heteroatoms. The fraction of sp³-hybridized carbons (Fsp3) is 0.321. The number of carbonyl (C=O) groups is 2. The van der Waals surface area contributed by atoms with Crippen LogP contribution in [0.2, 0.25) is 5.02 Å². The molecule has 2 atom stereocenters. The molecule has 1 unspecified atom stereocenters. The minimum atomic E-state index is -3.00. The predicted octanol–water partition coefficient (Wildman–Crippen LogP) is 4.71. The maximum atomic E-state index is 13.4. The van der Waals surface area contributed by atoms with Crippen molar-refractivity contribution < 1.29 is 27.8 Å². The summed E-state index contributed by atoms with van der Waals surface area (Å²) in [6.45, 7) is -1.30. The molecule has 0 radical (unpaired) electrons. The van der Waals surface area contributed by atoms with Crippen LogP contribution in [0, 0.1) is 0 Å². The van der Waals surface area contributed by atoms with Crippen LogP contribution in [0.1, 0.15) is 46.4 Å². The van der Waals surface area contributed by atoms with E-state index in [0.29, 0.717) is 28.1 Å². The molecule has 1 aliphatic heterocycles. The van der Waals surface area contributed by atoms with E-state index in [1.165, 1.54) is 22.8 Å². The molecule has 2 aromatic carbocycles. The van der Waals surface area contributed by atoms with E-state index in [4.69, 9.17) is 22.1 Å². The van der Waals surface area contributed by atoms with Gasteiger partial charge >= 0.3 is 6.61 Å². The van der Waals surface area contributed by atoms with Gasteiger partial charge in [-0.3, -0.25) is 14.4 Å². The van der Waals surface area contributed by atoms with E-state index in [2.05, 4.69) is 4.74 Å². The van der Waals surface area contributed by atoms with Gasteiger partial charge in [0.25, 0.3) is 5.56 Å². The molecule has 2 heterocycles. The zero-order valence-corrected chi connectivity index (χ0v) is 21.4. The lowest BCUT2D eigenvalue weighted by Crippen LogP contribution is -2.32. The van der Waals surface area contributed by atoms with Gasteiger partial charge in [-0.15, -0.1) is 0 Å². The zero-order valence-electron chi connectivity index (χ0n) is 20.7. The van der Waals surface area contributed by atoms with E-state index in [-0.39, 0.29) is 36.9 Å². The van der Waals surface area contributed by atoms with Gasteiger partial charge in [-0.1, -0.05) is 29.8 Å². The summed E-state index contributed by atoms with van der Waals surface area (Å²) in [4.78, 5) is 38.1. The summed E-state index contributed by atoms with van der Waals surface area (Å²) in [6, 6.07) is 12.0. The highest BCUT2D eigenvalue weighted by molar-refractivity contribution is 6.30. The van der Waals surface area contributed by atoms with E-state index in [1.54, 1.807) is 30.5 Å². The molecule has 0 spiro atoms. The lowest BCUT2D eigenvalue weighted by molar-refractivity contribution is -0.136. The summed E-state index contributed by atoms with van der Waals surface area (Å²) in [6.07, 6.45) is 1.86. The highest BCUT2D eigenvalue weighted by Gasteiger charge is 2.25. The van der Waals surface area contributed by atoms with Crippen LogP contribution in [-0.4, -0.2) is 35.6 Å². The van der Waals surface area contributed by atoms with Crippen molar-refractivity contribution >= 4 is 23.3 Å². The lowest BCUT2D eigenvalue weighted by Gasteiger charge is -2.25. The highest BCUT2D eigenvalue weighted by atomic mass is 35.5. The summed E-state index contributed by atoms with van der Waals surface area (Å²) in [5, 5.41) is 0.521. The van der Waals surface area contributed by atoms with Gasteiger partial charge in [0.15, 0.2) is 5.78 Å². The Hall–Kier alpha value is -3.40. The summed E-state index contributed by atoms with van der Waals surface area (Å²) in [7, 11) is 0. The van der Waals surface area contributed by atoms with Crippen molar-refractivity contribution in [2.45, 2.75) is 51.6 Å². The molecule has 38 heavy (non-hydrogen) atoms. The van der Waals surface area contributed by atoms with E-state index in [1.807, 2.05) is 13.0 Å². The number of benzene rings is 2. The number of amides is 1. The number of Topliss-reactive ketones (excluding diaryl/α,β-unsaturated/α-hetero) is 1. The van der Waals surface area contributed by atoms with Gasteiger partial charge in [0.1, 0.15) is 0 Å². The molecule has 1 aliphatic rings. The first-order chi connectivity index (χ1) is 18.1. The number of halogens is 3. The Kier molecular flexibility index (Phi) is 8.71. The minimum absolute atomic E-state index is 0.0894. The van der Waals surface area contributed by atoms with Crippen LogP contribution in [0.4, 0.5) is 8.78 Å². The zero-order chi connectivity index (χ0) is 27.4. The first kappa shape index (κ1) is 27.6. The molecule has 1 amide bonds. The number of nitrogens with two attached hydrogens (primary N) is 1. The Balaban J connectivity index is 1.72. The number of primary amides is 1. The lowest BCUT2D eigenvalue weighted by atomic mass is 9.92. The maximum Gasteiger partial charge on any atom is 0.345 e. The molecule has 7 nitrogen and oxygen atoms in total. The first-order valence-corrected chi connectivity index (χ1v) is 12.5. The van der Waals surface area contributed by atoms with Gasteiger partial charge in [-0.05, 0) is 66.3 Å². The molecule has 0 fully saturated rings. The number of rotatable bonds is 9. The number of carbonyl (C=O) groups excluding carboxylic acids is 2. The largest absolute Gasteiger partial charge is 0.373 e. The number of ether oxygens (including phenoxy) is 2. The molecule has 1 aromatic heterocycles. The Bertz CT molecular complexity index is 1390. The number of ketones is 1. The smallest absolute Gasteiger partial charge is 0.345 e. The van der Waals surface area contributed by atoms with Crippen molar-refractivity contribution in [1.82, 2.24) is 4.57 Å². The fourth-order valence-electron chi connectivity index (χ4n) is 4.61. The van der Waals surface area contributed by atoms with Crippen LogP contribution >= 0.6 is 11.6 Å². The second-order valence-electron chi connectivity index (χ2n) is 9.23. The van der Waals surface area contributed by atoms with Gasteiger partial charge in [0, 0.05) is 34.8 Å². The Labute approximate surface area is 223 Å². The minimum Gasteiger partial charge on any atom is -0.373 e. The maximum absolute atomic E-state index is 13.4. The summed E-state index contributed by atoms with van der Waals surface area (Å²) in [5.74, 6) is -0.975. The number of nitrogens with zero attached hydrogens (tertiary/aromatic N) is 1. The number of hydrogen-bond acceptors (Lipinski definition) is 5. The van der Waals surface area contributed by atoms with Gasteiger partial charge in [0.05, 0.1) is 25.4 Å². The first-order valence-electron chi connectivity index (χ1n) is 12.1. The summed E-state index contributed by atoms with van der Waals surface area (Å²) in [5.41, 5.74) is 8.76. The molecular formula is C28H27ClF2N2O5. The number of fused-ring (bicyclic) bond motifs is 3. The second-order valence-corrected chi connectivity index (χ2v) is 9.66. The van der Waals surface area contributed by atoms with Gasteiger partial charge in [-0.2, -0.15) is 8.78 Å². The van der Waals surface area contributed by atoms with E-state index < -0.39 is 30.7 Å². The van der Waals surface area contributed by atoms with Crippen molar-refractivity contribution in [3.8, 4) is 11.1 Å². The van der Waals surface area contributed by atoms with E-state index in [9.17, 15) is 23.2 Å². The molecule has 0 bridgehead atoms. The molecule has 3 aromatic rings. The van der Waals surface area contributed by atoms with E-state index >= 15 is 0 Å². The standard InChI is InChI=1S/C28H27ClF2N2O5/c1-16-10-19-6-7-21(29)12-22(19)23-13-26(35)33(14-20(23)15-38-16)24(8-9-37-28(30)31)25(34)11-17-2-4-18(5-3-17)27(32)36/h2-7,12-14,16,24,28H,8-11,15H2,1H3,(H2,32,36)/t16-,24?/m1/s1. The Morgan fingerprint density at radius 1 is 1.13 bits per heavy atom. The third-order valence-corrected chi connectivity index (χ3v) is 6.75. The Morgan fingerprint density at radius 2 is 1.84 bits per heavy atom. The SMILES string of the molecule is C[C@@H]1Cc2ccc(Cl)cc2-c2cc(=O)n(C(CCOC(F)F)C(=O)Cc3ccc(C(N)=O)cc3)cc2CO1. The topological polar surface area (TPSA) is 101 Å². The van der Waals surface area contributed by atoms with Crippen LogP contribution in [0.25, 0.3) is 11.1 Å². The molecule has 0 saturated heterocycles. The van der Waals surface area contributed by atoms with Crippen LogP contribution < -0.4 is 11.3 Å². The van der Waals surface area contributed by atoms with Crippen LogP contribution in [0.3, 0.4) is 0 Å². The Morgan fingerprint density at radius 3 is 2.53 bits per heavy atom. The number of hydrogen-bond donors (Lipinski definition) is 1. The van der Waals surface area contributed by atoms with Crippen molar-refractivity contribution in [2.75, 3.05) is 6.61 Å². The normalized spacial score (nSPS) is 15.8. The van der Waals surface area contributed by atoms with Crippen LogP contribution in [-0.2, 0) is 33.7 Å². The fourth-order valence-corrected chi connectivity index (χ4v) is 4.78. The molecule has 0 aliphatic carbocycles. The monoisotopic (exact) mass is 544 g/mol. The molecule has 4 rings (SSSR count). The molecule has 200 valence electrons. The third-order valence-electron chi connectivity index (χ3n) is 6.52. The number of pyridine rings is 1. The van der Waals surface area contributed by atoms with Crippen molar-refractivity contribution in [3.63, 3.8) is 0 Å². The van der Waals surface area contributed by atoms with Gasteiger partial charge in [0.2, 0.25) is 5.91 Å². The van der Waals surface area contributed by atoms with Crippen molar-refractivity contribution in [2.24, 2.45) is 5.73 Å². The predicted molar refractivity (Wildman–Crippen MR) is 138 cm³/mol. The second kappa shape index (κ2) is 12.0. The molecular weight excluding hydrogens is 518 g/mol. The average Bonchev–Trinajstić information content (AvgIpc) is 2.86. The van der Waals surface area contributed by atoms with Crippen LogP contribution in [0.5, 0.6) is 0 Å². The van der Waals surface area contributed by atoms with Gasteiger partial charge < -0.3 is 19.8 Å². The summed E-state index contributed by atoms with van der Waals surface area (Å²) < 4.78 is 37.0. The van der Waals surface area contributed by atoms with E-state index in [0.717, 1.165) is 11.1 Å². The highest BCUT2D eigenvalue weighted by Crippen LogP contribution is 2.33. The van der Waals surface area contributed by atoms with Crippen molar-refractivity contribution in [3.05, 3.63) is 92.4 Å². The number of alkyl halides is 2. The number of aromatic nitrogens is 1. The van der Waals surface area contributed by atoms with Crippen LogP contribution in [0.15, 0.2) is 59.5 Å². The third kappa shape index (κ3) is 6.53. The quantitative estimate of drug-likeness (QED) is 0.420. The molecule has 2 N–H and O–H groups in total.